The van der Waals surface area contributed by atoms with Crippen LogP contribution in [0.15, 0.2) is 0 Å². The van der Waals surface area contributed by atoms with Crippen LogP contribution in [0.2, 0.25) is 0 Å². The van der Waals surface area contributed by atoms with E-state index in [9.17, 15) is 0 Å². The highest BCUT2D eigenvalue weighted by atomic mass is 15.2. The quantitative estimate of drug-likeness (QED) is 0.551. The molecule has 0 N–H and O–H groups in total. The van der Waals surface area contributed by atoms with Gasteiger partial charge in [-0.2, -0.15) is 0 Å². The standard InChI is InChI=1S/C10H17N/c1-6(2)11-5-8-3-7-4-9(11)10(7)8/h6-10H,3-5H2,1-2H3/t7?,8-,9-,10-/m1/s1. The van der Waals surface area contributed by atoms with Gasteiger partial charge in [0.25, 0.3) is 0 Å². The van der Waals surface area contributed by atoms with Crippen molar-refractivity contribution in [3.8, 4) is 0 Å². The smallest absolute Gasteiger partial charge is 0.0135 e. The predicted octanol–water partition coefficient (Wildman–Crippen LogP) is 1.74. The normalized spacial score (nSPS) is 53.7. The molecule has 1 nitrogen and oxygen atoms in total. The van der Waals surface area contributed by atoms with Gasteiger partial charge in [0.15, 0.2) is 0 Å². The Labute approximate surface area is 68.8 Å². The first-order valence-electron chi connectivity index (χ1n) is 5.03. The summed E-state index contributed by atoms with van der Waals surface area (Å²) in [5, 5.41) is 0. The average Bonchev–Trinajstić information content (AvgIpc) is 2.12. The van der Waals surface area contributed by atoms with Crippen LogP contribution in [-0.4, -0.2) is 23.5 Å². The van der Waals surface area contributed by atoms with E-state index in [0.29, 0.717) is 0 Å². The first-order valence-corrected chi connectivity index (χ1v) is 5.03. The van der Waals surface area contributed by atoms with Crippen molar-refractivity contribution in [2.75, 3.05) is 6.54 Å². The summed E-state index contributed by atoms with van der Waals surface area (Å²) in [6, 6.07) is 1.81. The Morgan fingerprint density at radius 2 is 2.00 bits per heavy atom. The van der Waals surface area contributed by atoms with Gasteiger partial charge in [0.2, 0.25) is 0 Å². The van der Waals surface area contributed by atoms with Crippen LogP contribution in [0.3, 0.4) is 0 Å². The lowest BCUT2D eigenvalue weighted by molar-refractivity contribution is -0.0288. The van der Waals surface area contributed by atoms with E-state index in [1.807, 2.05) is 0 Å². The maximum Gasteiger partial charge on any atom is 0.0135 e. The van der Waals surface area contributed by atoms with Gasteiger partial charge in [-0.3, -0.25) is 4.90 Å². The molecule has 3 rings (SSSR count). The molecule has 1 saturated heterocycles. The molecular weight excluding hydrogens is 134 g/mol. The van der Waals surface area contributed by atoms with E-state index in [-0.39, 0.29) is 0 Å². The second-order valence-corrected chi connectivity index (χ2v) is 4.93. The van der Waals surface area contributed by atoms with Crippen molar-refractivity contribution in [3.05, 3.63) is 0 Å². The van der Waals surface area contributed by atoms with Gasteiger partial charge in [0.1, 0.15) is 0 Å². The third kappa shape index (κ3) is 0.618. The van der Waals surface area contributed by atoms with E-state index in [0.717, 1.165) is 29.8 Å². The molecule has 11 heavy (non-hydrogen) atoms. The Bertz CT molecular complexity index is 187. The van der Waals surface area contributed by atoms with Gasteiger partial charge in [-0.15, -0.1) is 0 Å². The van der Waals surface area contributed by atoms with E-state index >= 15 is 0 Å². The van der Waals surface area contributed by atoms with E-state index in [4.69, 9.17) is 0 Å². The summed E-state index contributed by atoms with van der Waals surface area (Å²) in [5.41, 5.74) is 0. The molecule has 0 aromatic rings. The van der Waals surface area contributed by atoms with Crippen LogP contribution < -0.4 is 0 Å². The summed E-state index contributed by atoms with van der Waals surface area (Å²) in [7, 11) is 0. The van der Waals surface area contributed by atoms with E-state index in [2.05, 4.69) is 18.7 Å². The third-order valence-corrected chi connectivity index (χ3v) is 4.22. The Kier molecular flexibility index (Phi) is 1.07. The van der Waals surface area contributed by atoms with Crippen molar-refractivity contribution < 1.29 is 0 Å². The van der Waals surface area contributed by atoms with Crippen molar-refractivity contribution in [2.24, 2.45) is 17.8 Å². The summed E-state index contributed by atoms with van der Waals surface area (Å²) < 4.78 is 0. The minimum atomic E-state index is 0.798. The molecule has 2 saturated carbocycles. The summed E-state index contributed by atoms with van der Waals surface area (Å²) in [6.07, 6.45) is 3.09. The fourth-order valence-electron chi connectivity index (χ4n) is 3.60. The average molecular weight is 151 g/mol. The van der Waals surface area contributed by atoms with Gasteiger partial charge in [0, 0.05) is 18.6 Å². The molecule has 0 radical (unpaired) electrons. The van der Waals surface area contributed by atoms with E-state index in [1.54, 1.807) is 6.42 Å². The SMILES string of the molecule is CC(C)N1C[C@H]2CC3C[C@@H]1[C@H]32. The van der Waals surface area contributed by atoms with Gasteiger partial charge in [0.05, 0.1) is 0 Å². The van der Waals surface area contributed by atoms with Crippen molar-refractivity contribution in [3.63, 3.8) is 0 Å². The van der Waals surface area contributed by atoms with Crippen LogP contribution in [0.1, 0.15) is 26.7 Å². The second-order valence-electron chi connectivity index (χ2n) is 4.93. The Balaban J connectivity index is 1.80. The monoisotopic (exact) mass is 151 g/mol. The molecular formula is C10H17N. The maximum atomic E-state index is 2.73. The summed E-state index contributed by atoms with van der Waals surface area (Å²) in [4.78, 5) is 2.73. The van der Waals surface area contributed by atoms with Gasteiger partial charge >= 0.3 is 0 Å². The number of nitrogens with zero attached hydrogens (tertiary/aromatic N) is 1. The van der Waals surface area contributed by atoms with Crippen molar-refractivity contribution in [2.45, 2.75) is 38.8 Å². The predicted molar refractivity (Wildman–Crippen MR) is 45.3 cm³/mol. The molecule has 0 aromatic carbocycles. The lowest BCUT2D eigenvalue weighted by Gasteiger charge is -2.53. The van der Waals surface area contributed by atoms with Crippen molar-refractivity contribution >= 4 is 0 Å². The van der Waals surface area contributed by atoms with Crippen LogP contribution in [0, 0.1) is 17.8 Å². The van der Waals surface area contributed by atoms with Crippen LogP contribution >= 0.6 is 0 Å². The van der Waals surface area contributed by atoms with Gasteiger partial charge in [-0.05, 0) is 44.4 Å². The summed E-state index contributed by atoms with van der Waals surface area (Å²) >= 11 is 0. The molecule has 0 amide bonds. The topological polar surface area (TPSA) is 3.24 Å². The van der Waals surface area contributed by atoms with Crippen molar-refractivity contribution in [1.82, 2.24) is 4.90 Å². The number of likely N-dealkylation sites (tertiary alicyclic amines) is 1. The number of hydrogen-bond donors (Lipinski definition) is 0. The Hall–Kier alpha value is -0.0400. The molecule has 0 spiro atoms. The van der Waals surface area contributed by atoms with Crippen molar-refractivity contribution in [1.29, 1.82) is 0 Å². The van der Waals surface area contributed by atoms with Crippen LogP contribution in [0.25, 0.3) is 0 Å². The van der Waals surface area contributed by atoms with E-state index < -0.39 is 0 Å². The molecule has 1 heteroatoms. The van der Waals surface area contributed by atoms with Gasteiger partial charge < -0.3 is 0 Å². The zero-order chi connectivity index (χ0) is 7.59. The Morgan fingerprint density at radius 1 is 1.18 bits per heavy atom. The Morgan fingerprint density at radius 3 is 2.55 bits per heavy atom. The lowest BCUT2D eigenvalue weighted by Crippen LogP contribution is -2.53. The van der Waals surface area contributed by atoms with Gasteiger partial charge in [-0.25, -0.2) is 0 Å². The molecule has 62 valence electrons. The molecule has 0 aromatic heterocycles. The third-order valence-electron chi connectivity index (χ3n) is 4.22. The molecule has 3 fully saturated rings. The largest absolute Gasteiger partial charge is 0.297 e. The first kappa shape index (κ1) is 6.47. The van der Waals surface area contributed by atoms with Gasteiger partial charge in [-0.1, -0.05) is 0 Å². The highest BCUT2D eigenvalue weighted by Crippen LogP contribution is 2.60. The van der Waals surface area contributed by atoms with Crippen LogP contribution in [-0.2, 0) is 0 Å². The highest BCUT2D eigenvalue weighted by molar-refractivity contribution is 5.12. The van der Waals surface area contributed by atoms with E-state index in [1.165, 1.54) is 13.0 Å². The minimum Gasteiger partial charge on any atom is -0.297 e. The molecule has 1 unspecified atom stereocenters. The molecule has 2 aliphatic carbocycles. The molecule has 4 atom stereocenters. The fraction of sp³-hybridized carbons (Fsp3) is 1.00. The number of hydrogen-bond acceptors (Lipinski definition) is 1. The van der Waals surface area contributed by atoms with Crippen LogP contribution in [0.5, 0.6) is 0 Å². The highest BCUT2D eigenvalue weighted by Gasteiger charge is 2.60. The van der Waals surface area contributed by atoms with Crippen LogP contribution in [0.4, 0.5) is 0 Å². The number of rotatable bonds is 1. The zero-order valence-corrected chi connectivity index (χ0v) is 7.46. The molecule has 1 aliphatic heterocycles. The zero-order valence-electron chi connectivity index (χ0n) is 7.46. The molecule has 3 aliphatic rings. The lowest BCUT2D eigenvalue weighted by atomic mass is 9.53. The maximum absolute atomic E-state index is 2.73. The minimum absolute atomic E-state index is 0.798. The fourth-order valence-corrected chi connectivity index (χ4v) is 3.60. The summed E-state index contributed by atoms with van der Waals surface area (Å²) in [6.45, 7) is 6.11. The second kappa shape index (κ2) is 1.82. The molecule has 1 heterocycles. The molecule has 0 bridgehead atoms. The first-order chi connectivity index (χ1) is 5.27. The summed E-state index contributed by atoms with van der Waals surface area (Å²) in [5.74, 6) is 3.42.